The highest BCUT2D eigenvalue weighted by Gasteiger charge is 2.29. The van der Waals surface area contributed by atoms with Gasteiger partial charge in [-0.3, -0.25) is 9.59 Å². The Morgan fingerprint density at radius 1 is 0.884 bits per heavy atom. The predicted octanol–water partition coefficient (Wildman–Crippen LogP) is 7.10. The summed E-state index contributed by atoms with van der Waals surface area (Å²) in [5.41, 5.74) is 9.43. The molecular weight excluding hydrogens is 538 g/mol. The highest BCUT2D eigenvalue weighted by Crippen LogP contribution is 2.34. The van der Waals surface area contributed by atoms with Crippen LogP contribution in [0.4, 0.5) is 5.69 Å². The monoisotopic (exact) mass is 573 g/mol. The molecule has 218 valence electrons. The molecule has 0 radical (unpaired) electrons. The van der Waals surface area contributed by atoms with Crippen molar-refractivity contribution in [3.05, 3.63) is 137 Å². The molecule has 0 fully saturated rings. The number of carbonyl (C=O) groups is 2. The lowest BCUT2D eigenvalue weighted by Gasteiger charge is -2.33. The van der Waals surface area contributed by atoms with Crippen molar-refractivity contribution in [1.29, 1.82) is 0 Å². The molecule has 1 aromatic heterocycles. The van der Waals surface area contributed by atoms with Crippen molar-refractivity contribution in [2.75, 3.05) is 11.9 Å². The molecule has 5 rings (SSSR count). The Bertz CT molecular complexity index is 1680. The van der Waals surface area contributed by atoms with E-state index in [0.29, 0.717) is 47.9 Å². The van der Waals surface area contributed by atoms with Crippen molar-refractivity contribution in [3.63, 3.8) is 0 Å². The van der Waals surface area contributed by atoms with Crippen LogP contribution in [0.1, 0.15) is 52.7 Å². The van der Waals surface area contributed by atoms with Gasteiger partial charge in [-0.15, -0.1) is 0 Å². The fourth-order valence-electron chi connectivity index (χ4n) is 5.03. The molecule has 5 aromatic rings. The number of para-hydroxylation sites is 1. The summed E-state index contributed by atoms with van der Waals surface area (Å²) >= 11 is 0. The number of aromatic nitrogens is 1. The summed E-state index contributed by atoms with van der Waals surface area (Å²) in [7, 11) is 0. The zero-order valence-corrected chi connectivity index (χ0v) is 24.4. The maximum Gasteiger partial charge on any atom is 0.226 e. The number of benzene rings is 4. The van der Waals surface area contributed by atoms with Gasteiger partial charge in [0.05, 0.1) is 17.8 Å². The third kappa shape index (κ3) is 7.19. The number of nitrogens with two attached hydrogens (primary N) is 1. The van der Waals surface area contributed by atoms with Gasteiger partial charge in [0.15, 0.2) is 5.78 Å². The van der Waals surface area contributed by atoms with Gasteiger partial charge in [0.1, 0.15) is 11.5 Å². The molecule has 0 aliphatic carbocycles. The molecule has 1 amide bonds. The van der Waals surface area contributed by atoms with Crippen LogP contribution in [0.15, 0.2) is 114 Å². The van der Waals surface area contributed by atoms with Crippen molar-refractivity contribution >= 4 is 17.4 Å². The number of primary amides is 1. The van der Waals surface area contributed by atoms with E-state index >= 15 is 0 Å². The molecule has 0 saturated heterocycles. The van der Waals surface area contributed by atoms with Crippen molar-refractivity contribution in [1.82, 2.24) is 4.98 Å². The topological polar surface area (TPSA) is 107 Å². The molecule has 43 heavy (non-hydrogen) atoms. The smallest absolute Gasteiger partial charge is 0.226 e. The van der Waals surface area contributed by atoms with Gasteiger partial charge in [0.25, 0.3) is 0 Å². The van der Waals surface area contributed by atoms with E-state index in [0.717, 1.165) is 22.6 Å². The minimum Gasteiger partial charge on any atom is -0.493 e. The third-order valence-corrected chi connectivity index (χ3v) is 7.50. The number of hydrogen-bond acceptors (Lipinski definition) is 6. The molecule has 0 spiro atoms. The summed E-state index contributed by atoms with van der Waals surface area (Å²) in [5.74, 6) is 1.63. The van der Waals surface area contributed by atoms with Gasteiger partial charge < -0.3 is 20.2 Å². The summed E-state index contributed by atoms with van der Waals surface area (Å²) in [6, 6.07) is 34.2. The number of aryl methyl sites for hydroxylation is 1. The molecule has 1 heterocycles. The van der Waals surface area contributed by atoms with Crippen LogP contribution in [-0.2, 0) is 16.8 Å². The minimum absolute atomic E-state index is 0.0806. The van der Waals surface area contributed by atoms with Crippen LogP contribution >= 0.6 is 0 Å². The first kappa shape index (κ1) is 29.3. The molecule has 7 heteroatoms. The Hall–Kier alpha value is -5.17. The van der Waals surface area contributed by atoms with E-state index in [2.05, 4.69) is 10.3 Å². The van der Waals surface area contributed by atoms with E-state index in [1.54, 1.807) is 12.1 Å². The highest BCUT2D eigenvalue weighted by atomic mass is 16.5. The highest BCUT2D eigenvalue weighted by molar-refractivity contribution is 6.12. The zero-order valence-electron chi connectivity index (χ0n) is 24.4. The van der Waals surface area contributed by atoms with E-state index in [1.807, 2.05) is 111 Å². The number of amides is 1. The van der Waals surface area contributed by atoms with Crippen LogP contribution < -0.4 is 15.8 Å². The molecule has 0 aliphatic rings. The summed E-state index contributed by atoms with van der Waals surface area (Å²) < 4.78 is 11.9. The molecule has 7 nitrogen and oxygen atoms in total. The van der Waals surface area contributed by atoms with Gasteiger partial charge in [-0.2, -0.15) is 0 Å². The second-order valence-corrected chi connectivity index (χ2v) is 10.7. The Labute approximate surface area is 251 Å². The van der Waals surface area contributed by atoms with Gasteiger partial charge in [-0.25, -0.2) is 4.98 Å². The summed E-state index contributed by atoms with van der Waals surface area (Å²) in [6.07, 6.45) is 1.22. The zero-order chi connectivity index (χ0) is 30.2. The summed E-state index contributed by atoms with van der Waals surface area (Å²) in [4.78, 5) is 29.8. The summed E-state index contributed by atoms with van der Waals surface area (Å²) in [5, 5.41) is 3.56. The SMILES string of the molecule is Cc1oc(-c2ccccc2)nc1CCOc1ccc([C@](C)(CCC(N)=O)Nc2ccccc2C(=O)c2ccccc2)cc1. The molecule has 0 aliphatic heterocycles. The first-order valence-electron chi connectivity index (χ1n) is 14.3. The van der Waals surface area contributed by atoms with Crippen molar-refractivity contribution in [2.45, 2.75) is 38.6 Å². The lowest BCUT2D eigenvalue weighted by Crippen LogP contribution is -2.34. The van der Waals surface area contributed by atoms with E-state index in [1.165, 1.54) is 0 Å². The quantitative estimate of drug-likeness (QED) is 0.146. The Morgan fingerprint density at radius 2 is 1.53 bits per heavy atom. The normalized spacial score (nSPS) is 12.3. The molecule has 1 atom stereocenters. The number of oxazole rings is 1. The van der Waals surface area contributed by atoms with Crippen LogP contribution in [0.25, 0.3) is 11.5 Å². The van der Waals surface area contributed by atoms with Gasteiger partial charge in [-0.1, -0.05) is 72.8 Å². The predicted molar refractivity (Wildman–Crippen MR) is 168 cm³/mol. The Balaban J connectivity index is 1.30. The maximum atomic E-state index is 13.4. The second kappa shape index (κ2) is 13.2. The molecule has 4 aromatic carbocycles. The maximum absolute atomic E-state index is 13.4. The van der Waals surface area contributed by atoms with Crippen molar-refractivity contribution in [2.24, 2.45) is 5.73 Å². The van der Waals surface area contributed by atoms with Gasteiger partial charge >= 0.3 is 0 Å². The first-order valence-corrected chi connectivity index (χ1v) is 14.3. The lowest BCUT2D eigenvalue weighted by molar-refractivity contribution is -0.118. The number of hydrogen-bond donors (Lipinski definition) is 2. The van der Waals surface area contributed by atoms with E-state index < -0.39 is 5.54 Å². The van der Waals surface area contributed by atoms with Gasteiger partial charge in [0.2, 0.25) is 11.8 Å². The van der Waals surface area contributed by atoms with Crippen molar-refractivity contribution < 1.29 is 18.7 Å². The molecular formula is C36H35N3O4. The summed E-state index contributed by atoms with van der Waals surface area (Å²) in [6.45, 7) is 4.36. The number of nitrogens with one attached hydrogen (secondary N) is 1. The average Bonchev–Trinajstić information content (AvgIpc) is 3.41. The van der Waals surface area contributed by atoms with Crippen LogP contribution in [0.3, 0.4) is 0 Å². The van der Waals surface area contributed by atoms with Crippen LogP contribution in [0.2, 0.25) is 0 Å². The Morgan fingerprint density at radius 3 is 2.23 bits per heavy atom. The number of rotatable bonds is 13. The number of ketones is 1. The average molecular weight is 574 g/mol. The van der Waals surface area contributed by atoms with E-state index in [9.17, 15) is 9.59 Å². The number of nitrogens with zero attached hydrogens (tertiary/aromatic N) is 1. The minimum atomic E-state index is -0.688. The molecule has 3 N–H and O–H groups in total. The number of anilines is 1. The van der Waals surface area contributed by atoms with Gasteiger partial charge in [-0.05, 0) is 62.2 Å². The molecule has 0 unspecified atom stereocenters. The fraction of sp³-hybridized carbons (Fsp3) is 0.194. The standard InChI is InChI=1S/C36H35N3O4/c1-25-31(38-35(43-25)27-13-7-4-8-14-27)22-24-42-29-19-17-28(18-20-29)36(2,23-21-33(37)40)39-32-16-10-9-15-30(32)34(41)26-11-5-3-6-12-26/h3-20,39H,21-24H2,1-2H3,(H2,37,40)/t36-/m0/s1. The first-order chi connectivity index (χ1) is 20.8. The van der Waals surface area contributed by atoms with Crippen LogP contribution in [0, 0.1) is 6.92 Å². The molecule has 0 saturated carbocycles. The van der Waals surface area contributed by atoms with Crippen molar-refractivity contribution in [3.8, 4) is 17.2 Å². The largest absolute Gasteiger partial charge is 0.493 e. The second-order valence-electron chi connectivity index (χ2n) is 10.7. The van der Waals surface area contributed by atoms with E-state index in [-0.39, 0.29) is 18.1 Å². The van der Waals surface area contributed by atoms with E-state index in [4.69, 9.17) is 14.9 Å². The number of ether oxygens (including phenoxy) is 1. The third-order valence-electron chi connectivity index (χ3n) is 7.50. The fourth-order valence-corrected chi connectivity index (χ4v) is 5.03. The Kier molecular flexibility index (Phi) is 9.01. The number of carbonyl (C=O) groups excluding carboxylic acids is 2. The molecule has 0 bridgehead atoms. The van der Waals surface area contributed by atoms with Crippen LogP contribution in [0.5, 0.6) is 5.75 Å². The van der Waals surface area contributed by atoms with Crippen LogP contribution in [-0.4, -0.2) is 23.3 Å². The van der Waals surface area contributed by atoms with Gasteiger partial charge in [0, 0.05) is 35.2 Å². The lowest BCUT2D eigenvalue weighted by atomic mass is 9.86.